The number of halogens is 2. The first kappa shape index (κ1) is 28.0. The minimum absolute atomic E-state index is 0.000348. The number of nitrogens with one attached hydrogen (secondary N) is 1. The number of amides is 1. The number of nitrogens with two attached hydrogens (primary N) is 2. The lowest BCUT2D eigenvalue weighted by Gasteiger charge is -2.17. The van der Waals surface area contributed by atoms with Gasteiger partial charge in [0.05, 0.1) is 23.2 Å². The van der Waals surface area contributed by atoms with Gasteiger partial charge in [-0.3, -0.25) is 9.79 Å². The van der Waals surface area contributed by atoms with Gasteiger partial charge in [-0.15, -0.1) is 0 Å². The van der Waals surface area contributed by atoms with Crippen LogP contribution < -0.4 is 16.8 Å². The Bertz CT molecular complexity index is 1490. The van der Waals surface area contributed by atoms with Crippen molar-refractivity contribution in [2.24, 2.45) is 16.5 Å². The Balaban J connectivity index is 2.30. The molecule has 3 rings (SSSR count). The second-order valence-corrected chi connectivity index (χ2v) is 8.71. The van der Waals surface area contributed by atoms with Gasteiger partial charge in [0, 0.05) is 28.1 Å². The molecule has 2 heterocycles. The van der Waals surface area contributed by atoms with Gasteiger partial charge in [0.1, 0.15) is 17.4 Å². The van der Waals surface area contributed by atoms with Crippen LogP contribution in [0.3, 0.4) is 0 Å². The fourth-order valence-electron chi connectivity index (χ4n) is 3.91. The molecule has 0 saturated heterocycles. The molecule has 10 heteroatoms. The maximum atomic E-state index is 14.4. The average Bonchev–Trinajstić information content (AvgIpc) is 2.86. The van der Waals surface area contributed by atoms with Crippen LogP contribution in [0.2, 0.25) is 0 Å². The van der Waals surface area contributed by atoms with Gasteiger partial charge in [-0.05, 0) is 63.9 Å². The van der Waals surface area contributed by atoms with Crippen molar-refractivity contribution >= 4 is 29.0 Å². The van der Waals surface area contributed by atoms with Gasteiger partial charge in [0.2, 0.25) is 0 Å². The molecular formula is C28H30F2N6O2. The maximum absolute atomic E-state index is 14.4. The number of hydrogen-bond acceptors (Lipinski definition) is 7. The minimum atomic E-state index is -0.749. The van der Waals surface area contributed by atoms with E-state index < -0.39 is 17.5 Å². The molecule has 0 atom stereocenters. The number of benzene rings is 1. The molecule has 0 aliphatic rings. The second kappa shape index (κ2) is 11.6. The van der Waals surface area contributed by atoms with E-state index >= 15 is 0 Å². The fourth-order valence-corrected chi connectivity index (χ4v) is 3.91. The molecule has 0 radical (unpaired) electrons. The van der Waals surface area contributed by atoms with Crippen molar-refractivity contribution in [3.05, 3.63) is 93.5 Å². The highest BCUT2D eigenvalue weighted by Crippen LogP contribution is 2.34. The molecule has 3 aromatic rings. The number of carbonyl (C=O) groups is 1. The summed E-state index contributed by atoms with van der Waals surface area (Å²) in [6, 6.07) is 7.19. The van der Waals surface area contributed by atoms with Crippen LogP contribution in [0.15, 0.2) is 58.9 Å². The molecule has 0 aliphatic carbocycles. The number of anilines is 2. The van der Waals surface area contributed by atoms with Crippen LogP contribution in [-0.4, -0.2) is 26.7 Å². The molecule has 1 aromatic carbocycles. The highest BCUT2D eigenvalue weighted by atomic mass is 19.1. The predicted octanol–water partition coefficient (Wildman–Crippen LogP) is 5.09. The minimum Gasteiger partial charge on any atom is -0.508 e. The van der Waals surface area contributed by atoms with E-state index in [0.717, 1.165) is 11.8 Å². The van der Waals surface area contributed by atoms with Crippen molar-refractivity contribution in [3.63, 3.8) is 0 Å². The average molecular weight is 521 g/mol. The number of phenolic OH excluding ortho intramolecular Hbond substituents is 1. The molecule has 38 heavy (non-hydrogen) atoms. The summed E-state index contributed by atoms with van der Waals surface area (Å²) in [6.07, 6.45) is 3.04. The molecule has 198 valence electrons. The summed E-state index contributed by atoms with van der Waals surface area (Å²) in [5.74, 6) is -2.00. The van der Waals surface area contributed by atoms with Crippen LogP contribution in [-0.2, 0) is 4.79 Å². The summed E-state index contributed by atoms with van der Waals surface area (Å²) in [5.41, 5.74) is 15.0. The number of carbonyl (C=O) groups excluding carboxylic acids is 1. The molecule has 1 amide bonds. The van der Waals surface area contributed by atoms with Crippen molar-refractivity contribution in [1.82, 2.24) is 9.97 Å². The number of phenols is 1. The van der Waals surface area contributed by atoms with E-state index in [-0.39, 0.29) is 45.6 Å². The van der Waals surface area contributed by atoms with E-state index in [2.05, 4.69) is 15.3 Å². The number of pyridine rings is 2. The van der Waals surface area contributed by atoms with Crippen molar-refractivity contribution in [1.29, 1.82) is 0 Å². The molecular weight excluding hydrogens is 490 g/mol. The quantitative estimate of drug-likeness (QED) is 0.185. The lowest BCUT2D eigenvalue weighted by molar-refractivity contribution is -0.114. The molecule has 0 spiro atoms. The third-order valence-electron chi connectivity index (χ3n) is 5.85. The van der Waals surface area contributed by atoms with Crippen molar-refractivity contribution < 1.29 is 18.7 Å². The van der Waals surface area contributed by atoms with E-state index in [1.54, 1.807) is 39.8 Å². The normalized spacial score (nSPS) is 12.8. The summed E-state index contributed by atoms with van der Waals surface area (Å²) in [4.78, 5) is 25.2. The first-order valence-corrected chi connectivity index (χ1v) is 11.9. The third kappa shape index (κ3) is 6.03. The van der Waals surface area contributed by atoms with Crippen LogP contribution in [0.5, 0.6) is 5.75 Å². The Labute approximate surface area is 219 Å². The second-order valence-electron chi connectivity index (χ2n) is 8.71. The third-order valence-corrected chi connectivity index (χ3v) is 5.85. The number of aryl methyl sites for hydroxylation is 2. The van der Waals surface area contributed by atoms with Crippen molar-refractivity contribution in [2.45, 2.75) is 41.0 Å². The van der Waals surface area contributed by atoms with E-state index in [1.807, 2.05) is 6.92 Å². The Morgan fingerprint density at radius 2 is 1.84 bits per heavy atom. The predicted molar refractivity (Wildman–Crippen MR) is 145 cm³/mol. The van der Waals surface area contributed by atoms with Crippen LogP contribution in [0.4, 0.5) is 20.4 Å². The molecule has 2 aromatic heterocycles. The lowest BCUT2D eigenvalue weighted by atomic mass is 9.95. The molecule has 0 bridgehead atoms. The molecule has 0 aliphatic heterocycles. The number of hydrogen-bond donors (Lipinski definition) is 4. The van der Waals surface area contributed by atoms with Gasteiger partial charge in [-0.25, -0.2) is 18.7 Å². The summed E-state index contributed by atoms with van der Waals surface area (Å²) in [6.45, 7) is 8.61. The summed E-state index contributed by atoms with van der Waals surface area (Å²) >= 11 is 0. The van der Waals surface area contributed by atoms with Crippen LogP contribution in [0.1, 0.15) is 48.2 Å². The van der Waals surface area contributed by atoms with Gasteiger partial charge < -0.3 is 21.9 Å². The van der Waals surface area contributed by atoms with E-state index in [9.17, 15) is 18.7 Å². The maximum Gasteiger partial charge on any atom is 0.250 e. The Morgan fingerprint density at radius 1 is 1.13 bits per heavy atom. The summed E-state index contributed by atoms with van der Waals surface area (Å²) in [7, 11) is 0. The number of primary amides is 1. The molecule has 0 unspecified atom stereocenters. The SMILES string of the molecule is CC/C=C(C(N)=O)/C(N)=C(\N=C(C)c1cc(F)cnc1Nc1nc(C)ccc1F)c1c(C)ccc(O)c1C. The van der Waals surface area contributed by atoms with Gasteiger partial charge in [-0.1, -0.05) is 19.1 Å². The zero-order valence-electron chi connectivity index (χ0n) is 21.9. The van der Waals surface area contributed by atoms with Gasteiger partial charge >= 0.3 is 0 Å². The number of aromatic nitrogens is 2. The summed E-state index contributed by atoms with van der Waals surface area (Å²) < 4.78 is 28.8. The highest BCUT2D eigenvalue weighted by Gasteiger charge is 2.21. The number of nitrogens with zero attached hydrogens (tertiary/aromatic N) is 3. The van der Waals surface area contributed by atoms with Gasteiger partial charge in [0.25, 0.3) is 5.91 Å². The molecule has 6 N–H and O–H groups in total. The Hall–Kier alpha value is -4.60. The van der Waals surface area contributed by atoms with E-state index in [1.165, 1.54) is 24.3 Å². The van der Waals surface area contributed by atoms with E-state index in [4.69, 9.17) is 16.5 Å². The molecule has 8 nitrogen and oxygen atoms in total. The standard InChI is InChI=1S/C28H30F2N6O2/c1-6-7-19(26(32)38)24(31)25(23-14(2)8-11-22(37)16(23)4)35-17(5)20-12-18(29)13-33-27(20)36-28-21(30)10-9-15(3)34-28/h7-13,37H,6,31H2,1-5H3,(H2,32,38)(H,33,34,36)/b19-7-,25-24+,35-17?. The fraction of sp³-hybridized carbons (Fsp3) is 0.214. The highest BCUT2D eigenvalue weighted by molar-refractivity contribution is 6.07. The lowest BCUT2D eigenvalue weighted by Crippen LogP contribution is -2.20. The first-order chi connectivity index (χ1) is 17.9. The van der Waals surface area contributed by atoms with Crippen LogP contribution in [0, 0.1) is 32.4 Å². The van der Waals surface area contributed by atoms with Crippen LogP contribution >= 0.6 is 0 Å². The van der Waals surface area contributed by atoms with Crippen molar-refractivity contribution in [3.8, 4) is 5.75 Å². The number of rotatable bonds is 8. The van der Waals surface area contributed by atoms with Gasteiger partial charge in [-0.2, -0.15) is 0 Å². The monoisotopic (exact) mass is 520 g/mol. The topological polar surface area (TPSA) is 140 Å². The Morgan fingerprint density at radius 3 is 2.50 bits per heavy atom. The molecule has 0 saturated carbocycles. The number of aromatic hydroxyl groups is 1. The smallest absolute Gasteiger partial charge is 0.250 e. The molecule has 0 fully saturated rings. The Kier molecular flexibility index (Phi) is 8.57. The zero-order valence-corrected chi connectivity index (χ0v) is 21.9. The first-order valence-electron chi connectivity index (χ1n) is 11.9. The van der Waals surface area contributed by atoms with Gasteiger partial charge in [0.15, 0.2) is 11.6 Å². The van der Waals surface area contributed by atoms with Crippen LogP contribution in [0.25, 0.3) is 5.70 Å². The number of allylic oxidation sites excluding steroid dienone is 1. The largest absolute Gasteiger partial charge is 0.508 e. The van der Waals surface area contributed by atoms with Crippen molar-refractivity contribution in [2.75, 3.05) is 5.32 Å². The number of aliphatic imine (C=N–C) groups is 1. The summed E-state index contributed by atoms with van der Waals surface area (Å²) in [5, 5.41) is 13.2. The van der Waals surface area contributed by atoms with E-state index in [0.29, 0.717) is 23.2 Å². The zero-order chi connectivity index (χ0) is 28.1.